The highest BCUT2D eigenvalue weighted by Gasteiger charge is 2.54. The summed E-state index contributed by atoms with van der Waals surface area (Å²) in [6, 6.07) is 15.8. The number of likely N-dealkylation sites (tertiary alicyclic amines) is 2. The predicted molar refractivity (Wildman–Crippen MR) is 340 cm³/mol. The number of amides is 4. The van der Waals surface area contributed by atoms with Crippen LogP contribution in [0.1, 0.15) is 90.2 Å². The van der Waals surface area contributed by atoms with E-state index in [1.807, 2.05) is 46.0 Å². The predicted octanol–water partition coefficient (Wildman–Crippen LogP) is 6.23. The first-order valence-corrected chi connectivity index (χ1v) is 26.2. The number of likely N-dealkylation sites (N-methyl/N-ethyl adjacent to an activating group) is 1. The quantitative estimate of drug-likeness (QED) is 0.152. The molecule has 6 atom stereocenters. The SMILES string of the molecule is CCn1c(-c2cccnc2[C@H](C)OC)c2c3cc(ccc31)-c1cccc(c1)C[C@H](NC(=O)[C@H](C(C)C)N1CC[C@]3(CCN(C(=O)C#C[C@H]4COCCN4C)C3)C1=O)C(=O)N1CCC[C@H](N1)C(=O)OCC(C)(C)C2.S.S.S.S.S.S. The van der Waals surface area contributed by atoms with Crippen LogP contribution in [0, 0.1) is 28.6 Å². The summed E-state index contributed by atoms with van der Waals surface area (Å²) in [4.78, 5) is 82.0. The summed E-state index contributed by atoms with van der Waals surface area (Å²) in [6.07, 6.45) is 4.26. The van der Waals surface area contributed by atoms with E-state index >= 15 is 0 Å². The van der Waals surface area contributed by atoms with E-state index in [2.05, 4.69) is 89.2 Å². The lowest BCUT2D eigenvalue weighted by Gasteiger charge is -2.37. The van der Waals surface area contributed by atoms with Gasteiger partial charge in [0.15, 0.2) is 0 Å². The fraction of sp³-hybridized carbons (Fsp3) is 0.544. The van der Waals surface area contributed by atoms with Crippen molar-refractivity contribution in [3.63, 3.8) is 0 Å². The molecule has 0 unspecified atom stereocenters. The molecular weight excluding hydrogens is 1120 g/mol. The number of benzene rings is 2. The number of aryl methyl sites for hydroxylation is 1. The minimum absolute atomic E-state index is 0. The minimum atomic E-state index is -1.05. The number of cyclic esters (lactones) is 1. The Hall–Kier alpha value is -4.02. The first kappa shape index (κ1) is 69.2. The Morgan fingerprint density at radius 2 is 1.67 bits per heavy atom. The Morgan fingerprint density at radius 1 is 0.937 bits per heavy atom. The molecule has 6 bridgehead atoms. The van der Waals surface area contributed by atoms with Crippen molar-refractivity contribution in [2.24, 2.45) is 16.7 Å². The van der Waals surface area contributed by atoms with E-state index in [1.54, 1.807) is 23.1 Å². The molecule has 5 aliphatic rings. The molecule has 22 heteroatoms. The summed E-state index contributed by atoms with van der Waals surface area (Å²) >= 11 is 0. The van der Waals surface area contributed by atoms with Crippen LogP contribution in [0.2, 0.25) is 0 Å². The van der Waals surface area contributed by atoms with Gasteiger partial charge in [-0.1, -0.05) is 63.9 Å². The zero-order valence-electron chi connectivity index (χ0n) is 46.8. The first-order chi connectivity index (χ1) is 35.0. The van der Waals surface area contributed by atoms with Gasteiger partial charge in [-0.25, -0.2) is 5.43 Å². The van der Waals surface area contributed by atoms with Gasteiger partial charge in [0.05, 0.1) is 48.8 Å². The number of fused-ring (bicyclic) bond motifs is 6. The fourth-order valence-electron chi connectivity index (χ4n) is 11.6. The number of ether oxygens (including phenoxy) is 3. The van der Waals surface area contributed by atoms with Crippen LogP contribution in [0.4, 0.5) is 0 Å². The highest BCUT2D eigenvalue weighted by Crippen LogP contribution is 2.44. The molecule has 7 heterocycles. The Kier molecular flexibility index (Phi) is 25.7. The standard InChI is InChI=1S/C57H72N8O8.6H2S/c1-9-63-47-19-17-40-31-43(47)44(51(63)42-15-11-23-58-49(42)37(4)71-8)32-56(5,6)35-73-54(69)45-16-12-24-65(60-45)53(68)46(30-38-13-10-14-39(40)29-38)59-52(67)50(36(2)3)64-26-22-57(55(64)70)21-25-62(34-57)48(66)20-18-41-33-72-28-27-61(41)7;;;;;;/h10-11,13-15,17,19,23,29,31,36-37,41,45-46,50,60H,9,12,16,21-22,24-28,30,32-35H2,1-8H3,(H,59,67);6*1H2/t37-,41-,45-,46-,50-,57-;;;;;;/m0....../s1. The molecule has 79 heavy (non-hydrogen) atoms. The molecule has 436 valence electrons. The van der Waals surface area contributed by atoms with Gasteiger partial charge < -0.3 is 33.9 Å². The van der Waals surface area contributed by atoms with Crippen molar-refractivity contribution < 1.29 is 38.2 Å². The molecule has 4 amide bonds. The van der Waals surface area contributed by atoms with E-state index in [1.165, 1.54) is 5.01 Å². The van der Waals surface area contributed by atoms with Gasteiger partial charge in [-0.15, -0.1) is 0 Å². The molecule has 4 saturated heterocycles. The topological polar surface area (TPSA) is 168 Å². The van der Waals surface area contributed by atoms with E-state index < -0.39 is 46.7 Å². The normalized spacial score (nSPS) is 22.7. The van der Waals surface area contributed by atoms with Gasteiger partial charge in [0.1, 0.15) is 18.1 Å². The zero-order valence-corrected chi connectivity index (χ0v) is 52.8. The number of aromatic nitrogens is 2. The summed E-state index contributed by atoms with van der Waals surface area (Å²) in [5, 5.41) is 5.66. The number of rotatable bonds is 8. The van der Waals surface area contributed by atoms with Crippen molar-refractivity contribution in [1.29, 1.82) is 0 Å². The van der Waals surface area contributed by atoms with E-state index in [-0.39, 0.29) is 130 Å². The summed E-state index contributed by atoms with van der Waals surface area (Å²) in [5.41, 5.74) is 9.68. The van der Waals surface area contributed by atoms with Crippen molar-refractivity contribution in [1.82, 2.24) is 40.0 Å². The van der Waals surface area contributed by atoms with Gasteiger partial charge in [-0.3, -0.25) is 38.9 Å². The number of morpholine rings is 1. The monoisotopic (exact) mass is 1200 g/mol. The van der Waals surface area contributed by atoms with Crippen LogP contribution < -0.4 is 10.7 Å². The lowest BCUT2D eigenvalue weighted by molar-refractivity contribution is -0.155. The van der Waals surface area contributed by atoms with Crippen LogP contribution in [0.3, 0.4) is 0 Å². The number of methoxy groups -OCH3 is 1. The van der Waals surface area contributed by atoms with Gasteiger partial charge in [-0.2, -0.15) is 81.0 Å². The molecule has 9 rings (SSSR count). The molecule has 2 aromatic carbocycles. The molecule has 0 aliphatic carbocycles. The summed E-state index contributed by atoms with van der Waals surface area (Å²) in [7, 11) is 3.65. The molecule has 2 N–H and O–H groups in total. The van der Waals surface area contributed by atoms with Crippen LogP contribution in [0.5, 0.6) is 0 Å². The van der Waals surface area contributed by atoms with Crippen LogP contribution in [0.25, 0.3) is 33.3 Å². The number of carbonyl (C=O) groups is 5. The summed E-state index contributed by atoms with van der Waals surface area (Å²) < 4.78 is 19.9. The number of pyridine rings is 1. The molecule has 1 spiro atoms. The van der Waals surface area contributed by atoms with Crippen molar-refractivity contribution in [3.05, 3.63) is 77.6 Å². The number of hydrogen-bond donors (Lipinski definition) is 2. The molecule has 4 aromatic rings. The van der Waals surface area contributed by atoms with E-state index in [0.717, 1.165) is 56.7 Å². The summed E-state index contributed by atoms with van der Waals surface area (Å²) in [5.74, 6) is 3.81. The van der Waals surface area contributed by atoms with Crippen LogP contribution in [0.15, 0.2) is 60.8 Å². The van der Waals surface area contributed by atoms with Crippen LogP contribution >= 0.6 is 81.0 Å². The Morgan fingerprint density at radius 3 is 2.38 bits per heavy atom. The highest BCUT2D eigenvalue weighted by molar-refractivity contribution is 7.60. The second-order valence-corrected chi connectivity index (χ2v) is 21.9. The molecule has 2 aromatic heterocycles. The zero-order chi connectivity index (χ0) is 51.8. The maximum absolute atomic E-state index is 14.9. The van der Waals surface area contributed by atoms with Crippen LogP contribution in [-0.2, 0) is 57.6 Å². The molecule has 0 saturated carbocycles. The second-order valence-electron chi connectivity index (χ2n) is 21.9. The van der Waals surface area contributed by atoms with Crippen molar-refractivity contribution in [2.45, 2.75) is 117 Å². The third-order valence-electron chi connectivity index (χ3n) is 15.8. The second kappa shape index (κ2) is 29.3. The Labute approximate surface area is 508 Å². The smallest absolute Gasteiger partial charge is 0.324 e. The molecule has 4 fully saturated rings. The third kappa shape index (κ3) is 14.6. The highest BCUT2D eigenvalue weighted by atomic mass is 32.1. The van der Waals surface area contributed by atoms with E-state index in [9.17, 15) is 24.0 Å². The number of nitrogens with zero attached hydrogens (tertiary/aromatic N) is 6. The van der Waals surface area contributed by atoms with E-state index in [0.29, 0.717) is 71.5 Å². The number of hydrogen-bond acceptors (Lipinski definition) is 11. The Bertz CT molecular complexity index is 2860. The largest absolute Gasteiger partial charge is 0.464 e. The van der Waals surface area contributed by atoms with Crippen molar-refractivity contribution in [3.8, 4) is 34.2 Å². The Balaban J connectivity index is 0.00000273. The minimum Gasteiger partial charge on any atom is -0.464 e. The lowest BCUT2D eigenvalue weighted by Crippen LogP contribution is -2.62. The number of carbonyl (C=O) groups excluding carboxylic acids is 5. The molecule has 16 nitrogen and oxygen atoms in total. The molecule has 5 aliphatic heterocycles. The molecular formula is C57H84N8O8S6. The maximum Gasteiger partial charge on any atom is 0.324 e. The fourth-order valence-corrected chi connectivity index (χ4v) is 11.6. The first-order valence-electron chi connectivity index (χ1n) is 26.2. The van der Waals surface area contributed by atoms with Gasteiger partial charge in [0.2, 0.25) is 11.8 Å². The lowest BCUT2D eigenvalue weighted by atomic mass is 9.84. The van der Waals surface area contributed by atoms with E-state index in [4.69, 9.17) is 19.2 Å². The van der Waals surface area contributed by atoms with Gasteiger partial charge >= 0.3 is 5.97 Å². The average Bonchev–Trinajstić information content (AvgIpc) is 4.06. The van der Waals surface area contributed by atoms with Gasteiger partial charge in [-0.05, 0) is 111 Å². The molecule has 0 radical (unpaired) electrons. The number of hydrazine groups is 1. The van der Waals surface area contributed by atoms with Gasteiger partial charge in [0, 0.05) is 80.9 Å². The maximum atomic E-state index is 14.9. The number of nitrogens with one attached hydrogen (secondary N) is 2. The van der Waals surface area contributed by atoms with Crippen molar-refractivity contribution in [2.75, 3.05) is 66.7 Å². The van der Waals surface area contributed by atoms with Crippen LogP contribution in [-0.4, -0.2) is 150 Å². The number of esters is 1. The average molecular weight is 1200 g/mol. The summed E-state index contributed by atoms with van der Waals surface area (Å²) in [6.45, 7) is 16.1. The van der Waals surface area contributed by atoms with Gasteiger partial charge in [0.25, 0.3) is 11.8 Å². The van der Waals surface area contributed by atoms with Crippen molar-refractivity contribution >= 4 is 121 Å². The third-order valence-corrected chi connectivity index (χ3v) is 15.8.